The predicted octanol–water partition coefficient (Wildman–Crippen LogP) is 9.71. The zero-order chi connectivity index (χ0) is 40.7. The number of likely N-dealkylation sites (tertiary alicyclic amines) is 1. The van der Waals surface area contributed by atoms with Crippen LogP contribution in [0.3, 0.4) is 0 Å². The molecule has 1 saturated heterocycles. The van der Waals surface area contributed by atoms with E-state index in [1.165, 1.54) is 4.90 Å². The van der Waals surface area contributed by atoms with E-state index >= 15 is 0 Å². The fraction of sp³-hybridized carbons (Fsp3) is 0.738. The summed E-state index contributed by atoms with van der Waals surface area (Å²) in [6.07, 6.45) is 4.70. The van der Waals surface area contributed by atoms with Crippen molar-refractivity contribution in [3.8, 4) is 0 Å². The van der Waals surface area contributed by atoms with Crippen LogP contribution in [-0.2, 0) is 67.6 Å². The summed E-state index contributed by atoms with van der Waals surface area (Å²) in [7, 11) is -2.15. The summed E-state index contributed by atoms with van der Waals surface area (Å²) < 4.78 is 17.6. The summed E-state index contributed by atoms with van der Waals surface area (Å²) in [5, 5.41) is 3.05. The molecule has 2 rings (SSSR count). The topological polar surface area (TPSA) is 135 Å². The van der Waals surface area contributed by atoms with Crippen molar-refractivity contribution in [2.24, 2.45) is 17.8 Å². The van der Waals surface area contributed by atoms with Crippen LogP contribution in [0.15, 0.2) is 30.3 Å². The Labute approximate surface area is 354 Å². The quantitative estimate of drug-likeness (QED) is 0.0937. The van der Waals surface area contributed by atoms with Crippen molar-refractivity contribution in [1.82, 2.24) is 10.2 Å². The third kappa shape index (κ3) is 19.5. The van der Waals surface area contributed by atoms with E-state index in [1.807, 2.05) is 71.4 Å². The van der Waals surface area contributed by atoms with Crippen molar-refractivity contribution in [3.05, 3.63) is 48.0 Å². The molecular weight excluding hydrogens is 775 g/mol. The van der Waals surface area contributed by atoms with E-state index in [9.17, 15) is 19.2 Å². The average molecular weight is 849 g/mol. The molecular formula is C42H73N3O7SiY-2. The van der Waals surface area contributed by atoms with E-state index in [0.29, 0.717) is 38.1 Å². The molecule has 54 heavy (non-hydrogen) atoms. The van der Waals surface area contributed by atoms with Gasteiger partial charge in [0.2, 0.25) is 5.91 Å². The van der Waals surface area contributed by atoms with Crippen LogP contribution in [-0.4, -0.2) is 73.3 Å². The van der Waals surface area contributed by atoms with Crippen molar-refractivity contribution >= 4 is 32.1 Å². The number of ketones is 1. The predicted molar refractivity (Wildman–Crippen MR) is 217 cm³/mol. The Hall–Kier alpha value is -1.66. The van der Waals surface area contributed by atoms with Crippen molar-refractivity contribution in [3.63, 3.8) is 0 Å². The van der Waals surface area contributed by atoms with Crippen LogP contribution in [0, 0.1) is 24.2 Å². The number of carbonyl (C=O) groups excluding carboxylic acids is 4. The number of Topliss-reactive ketones (excluding diaryl/α,β-unsaturated/α-hetero) is 1. The van der Waals surface area contributed by atoms with Crippen LogP contribution in [0.5, 0.6) is 0 Å². The molecule has 1 radical (unpaired) electrons. The average Bonchev–Trinajstić information content (AvgIpc) is 3.53. The SMILES string of the molecule is CC(C)C[C@H]([NH-])C(=O)N1CCC[C@H]1C(=O)OCc1ccccc1.CC[C@H](C)[C@H](NC(=O)OC(C)(C)C)[C@@H](CC(=O)C[CH-]C(C)C)O[Si](C)(C)C(C)(C)C.[Y]. The molecule has 12 heteroatoms. The number of carbonyl (C=O) groups is 4. The molecule has 307 valence electrons. The molecule has 0 unspecified atom stereocenters. The van der Waals surface area contributed by atoms with Gasteiger partial charge in [0, 0.05) is 45.7 Å². The second-order valence-corrected chi connectivity index (χ2v) is 22.6. The molecule has 1 aromatic rings. The monoisotopic (exact) mass is 848 g/mol. The van der Waals surface area contributed by atoms with Gasteiger partial charge >= 0.3 is 12.1 Å². The molecule has 0 aliphatic carbocycles. The van der Waals surface area contributed by atoms with Gasteiger partial charge in [0.15, 0.2) is 8.32 Å². The number of nitrogens with zero attached hydrogens (tertiary/aromatic N) is 1. The molecule has 2 N–H and O–H groups in total. The Balaban J connectivity index is 0.00000105. The molecule has 2 amide bonds. The summed E-state index contributed by atoms with van der Waals surface area (Å²) >= 11 is 0. The number of ether oxygens (including phenoxy) is 2. The van der Waals surface area contributed by atoms with Crippen LogP contribution < -0.4 is 5.32 Å². The zero-order valence-electron chi connectivity index (χ0n) is 36.0. The maximum absolute atomic E-state index is 12.8. The van der Waals surface area contributed by atoms with Crippen molar-refractivity contribution in [1.29, 1.82) is 0 Å². The van der Waals surface area contributed by atoms with E-state index < -0.39 is 32.1 Å². The van der Waals surface area contributed by atoms with Crippen LogP contribution in [0.4, 0.5) is 4.79 Å². The Bertz CT molecular complexity index is 1280. The standard InChI is InChI=1S/C24H48NO4Si.C18H25N2O3.Y/c1-13-18(4)21(25-22(27)28-23(5,6)7)20(16-19(26)15-14-17(2)3)29-30(11,12)24(8,9)10;1-13(2)11-15(19)17(21)20-10-6-9-16(20)18(22)23-12-14-7-4-3-5-8-14;/h14,17-18,20-21H,13,15-16H2,1-12H3,(H,25,27);3-5,7-8,13,15-16,19H,6,9-12H2,1-2H3;/q2*-1;/t18-,20+,21-;15-,16-;/m00./s1. The fourth-order valence-electron chi connectivity index (χ4n) is 5.64. The third-order valence-corrected chi connectivity index (χ3v) is 14.4. The number of hydrogen-bond donors (Lipinski definition) is 1. The second kappa shape index (κ2) is 24.2. The van der Waals surface area contributed by atoms with Gasteiger partial charge in [-0.2, -0.15) is 5.92 Å². The molecule has 1 aliphatic rings. The number of benzene rings is 1. The van der Waals surface area contributed by atoms with E-state index in [1.54, 1.807) is 0 Å². The van der Waals surface area contributed by atoms with Gasteiger partial charge in [0.1, 0.15) is 24.0 Å². The van der Waals surface area contributed by atoms with Gasteiger partial charge in [-0.25, -0.2) is 9.59 Å². The molecule has 0 bridgehead atoms. The van der Waals surface area contributed by atoms with Gasteiger partial charge in [-0.05, 0) is 69.1 Å². The van der Waals surface area contributed by atoms with Crippen LogP contribution in [0.25, 0.3) is 5.73 Å². The maximum atomic E-state index is 12.8. The van der Waals surface area contributed by atoms with E-state index in [0.717, 1.165) is 18.4 Å². The van der Waals surface area contributed by atoms with Gasteiger partial charge in [0.05, 0.1) is 12.1 Å². The minimum atomic E-state index is -2.15. The minimum absolute atomic E-state index is 0. The van der Waals surface area contributed by atoms with E-state index in [2.05, 4.69) is 66.9 Å². The number of hydrogen-bond acceptors (Lipinski definition) is 7. The smallest absolute Gasteiger partial charge is 0.407 e. The zero-order valence-corrected chi connectivity index (χ0v) is 39.9. The van der Waals surface area contributed by atoms with Gasteiger partial charge in [-0.15, -0.1) is 6.42 Å². The van der Waals surface area contributed by atoms with Crippen molar-refractivity contribution in [2.75, 3.05) is 6.54 Å². The first kappa shape index (κ1) is 52.3. The summed E-state index contributed by atoms with van der Waals surface area (Å²) in [6.45, 7) is 29.5. The second-order valence-electron chi connectivity index (χ2n) is 17.9. The van der Waals surface area contributed by atoms with Crippen molar-refractivity contribution < 1.29 is 65.8 Å². The van der Waals surface area contributed by atoms with Crippen molar-refractivity contribution in [2.45, 2.75) is 176 Å². The summed E-state index contributed by atoms with van der Waals surface area (Å²) in [5.41, 5.74) is 8.34. The maximum Gasteiger partial charge on any atom is 0.407 e. The molecule has 1 aromatic carbocycles. The Morgan fingerprint density at radius 3 is 2.09 bits per heavy atom. The fourth-order valence-corrected chi connectivity index (χ4v) is 6.98. The molecule has 10 nitrogen and oxygen atoms in total. The van der Waals surface area contributed by atoms with Gasteiger partial charge in [-0.1, -0.05) is 112 Å². The minimum Gasteiger partial charge on any atom is -0.667 e. The third-order valence-electron chi connectivity index (χ3n) is 9.88. The largest absolute Gasteiger partial charge is 0.667 e. The van der Waals surface area contributed by atoms with Crippen LogP contribution in [0.1, 0.15) is 127 Å². The normalized spacial score (nSPS) is 17.1. The number of alkyl carbamates (subject to hydrolysis) is 1. The Morgan fingerprint density at radius 2 is 1.59 bits per heavy atom. The molecule has 0 aromatic heterocycles. The number of esters is 1. The summed E-state index contributed by atoms with van der Waals surface area (Å²) in [5.74, 6) is 0.321. The van der Waals surface area contributed by atoms with E-state index in [-0.39, 0.29) is 86.0 Å². The van der Waals surface area contributed by atoms with Gasteiger partial charge < -0.3 is 41.1 Å². The molecule has 5 atom stereocenters. The number of amides is 2. The number of rotatable bonds is 17. The van der Waals surface area contributed by atoms with E-state index in [4.69, 9.17) is 19.6 Å². The molecule has 1 heterocycles. The number of nitrogens with one attached hydrogen (secondary N) is 2. The molecule has 1 aliphatic heterocycles. The molecule has 1 fully saturated rings. The van der Waals surface area contributed by atoms with Crippen LogP contribution in [0.2, 0.25) is 18.1 Å². The first-order valence-corrected chi connectivity index (χ1v) is 22.5. The molecule has 0 spiro atoms. The molecule has 0 saturated carbocycles. The summed E-state index contributed by atoms with van der Waals surface area (Å²) in [6, 6.07) is 7.87. The summed E-state index contributed by atoms with van der Waals surface area (Å²) in [4.78, 5) is 51.6. The first-order valence-electron chi connectivity index (χ1n) is 19.6. The van der Waals surface area contributed by atoms with Gasteiger partial charge in [-0.3, -0.25) is 4.79 Å². The van der Waals surface area contributed by atoms with Gasteiger partial charge in [0.25, 0.3) is 0 Å². The first-order chi connectivity index (χ1) is 24.4. The Kier molecular flexibility index (Phi) is 23.4. The Morgan fingerprint density at radius 1 is 1.00 bits per heavy atom. The van der Waals surface area contributed by atoms with Crippen LogP contribution >= 0.6 is 0 Å².